The molecule has 12 heteroatoms. The van der Waals surface area contributed by atoms with Gasteiger partial charge >= 0.3 is 8.48 Å². The molecule has 0 bridgehead atoms. The molecule has 11 nitrogen and oxygen atoms in total. The van der Waals surface area contributed by atoms with Crippen molar-refractivity contribution < 1.29 is 48.2 Å². The Morgan fingerprint density at radius 3 is 1.57 bits per heavy atom. The first-order valence-corrected chi connectivity index (χ1v) is 18.3. The van der Waals surface area contributed by atoms with Crippen LogP contribution in [0.25, 0.3) is 0 Å². The van der Waals surface area contributed by atoms with Gasteiger partial charge in [-0.3, -0.25) is 0 Å². The number of rotatable bonds is 13. The van der Waals surface area contributed by atoms with Crippen LogP contribution in [0.3, 0.4) is 0 Å². The molecule has 0 aromatic heterocycles. The average Bonchev–Trinajstić information content (AvgIpc) is 3.45. The maximum atomic E-state index is 10.8. The van der Waals surface area contributed by atoms with E-state index in [4.69, 9.17) is 38.2 Å². The summed E-state index contributed by atoms with van der Waals surface area (Å²) in [6.07, 6.45) is -1.86. The minimum atomic E-state index is -2.81. The van der Waals surface area contributed by atoms with Crippen molar-refractivity contribution >= 4 is 13.7 Å². The Morgan fingerprint density at radius 1 is 0.783 bits per heavy atom. The summed E-state index contributed by atoms with van der Waals surface area (Å²) in [5.41, 5.74) is -2.07. The van der Waals surface area contributed by atoms with Gasteiger partial charge in [0.15, 0.2) is 11.6 Å². The van der Waals surface area contributed by atoms with E-state index in [1.54, 1.807) is 34.8 Å². The summed E-state index contributed by atoms with van der Waals surface area (Å²) in [7, 11) is 0.303. The molecule has 0 spiro atoms. The lowest BCUT2D eigenvalue weighted by molar-refractivity contribution is -0.182. The van der Waals surface area contributed by atoms with Crippen LogP contribution in [0.5, 0.6) is 0 Å². The molecule has 1 aromatic carbocycles. The van der Waals surface area contributed by atoms with Crippen molar-refractivity contribution in [2.24, 2.45) is 5.40 Å². The maximum Gasteiger partial charge on any atom is 0.305 e. The molecule has 2 aliphatic rings. The van der Waals surface area contributed by atoms with Crippen molar-refractivity contribution in [3.63, 3.8) is 0 Å². The van der Waals surface area contributed by atoms with Gasteiger partial charge in [-0.1, -0.05) is 65.0 Å². The van der Waals surface area contributed by atoms with E-state index >= 15 is 0 Å². The van der Waals surface area contributed by atoms with Gasteiger partial charge in [-0.15, -0.1) is 0 Å². The van der Waals surface area contributed by atoms with E-state index < -0.39 is 67.9 Å². The number of ether oxygens (including phenoxy) is 6. The molecule has 0 aliphatic carbocycles. The molecule has 0 saturated carbocycles. The van der Waals surface area contributed by atoms with Crippen LogP contribution in [-0.4, -0.2) is 111 Å². The summed E-state index contributed by atoms with van der Waals surface area (Å²) >= 11 is 0. The molecule has 268 valence electrons. The number of aliphatic hydroxyl groups is 3. The second-order valence-corrected chi connectivity index (χ2v) is 18.7. The summed E-state index contributed by atoms with van der Waals surface area (Å²) in [5, 5.41) is 38.2. The van der Waals surface area contributed by atoms with Crippen molar-refractivity contribution in [3.05, 3.63) is 30.3 Å². The van der Waals surface area contributed by atoms with Crippen LogP contribution in [0, 0.1) is 0 Å². The van der Waals surface area contributed by atoms with E-state index in [2.05, 4.69) is 20.8 Å². The van der Waals surface area contributed by atoms with Crippen LogP contribution in [-0.2, 0) is 32.8 Å². The van der Waals surface area contributed by atoms with Crippen molar-refractivity contribution in [2.45, 2.75) is 153 Å². The van der Waals surface area contributed by atoms with E-state index in [9.17, 15) is 15.3 Å². The Labute approximate surface area is 278 Å². The number of nitrogens with two attached hydrogens (primary N) is 1. The molecule has 0 radical (unpaired) electrons. The largest absolute Gasteiger partial charge is 0.397 e. The fraction of sp³-hybridized carbons (Fsp3) is 0.824. The average molecular weight is 674 g/mol. The van der Waals surface area contributed by atoms with Gasteiger partial charge in [0.1, 0.15) is 36.6 Å². The Balaban J connectivity index is 0.000000368. The Bertz CT molecular complexity index is 1060. The molecular weight excluding hydrogens is 610 g/mol. The molecule has 3 rings (SSSR count). The van der Waals surface area contributed by atoms with E-state index in [1.165, 1.54) is 7.11 Å². The van der Waals surface area contributed by atoms with Crippen LogP contribution >= 0.6 is 0 Å². The highest BCUT2D eigenvalue weighted by atomic mass is 28.4. The zero-order valence-corrected chi connectivity index (χ0v) is 31.5. The lowest BCUT2D eigenvalue weighted by Crippen LogP contribution is -2.66. The zero-order valence-electron chi connectivity index (χ0n) is 30.5. The summed E-state index contributed by atoms with van der Waals surface area (Å²) in [5.74, 6) is -1.56. The van der Waals surface area contributed by atoms with Gasteiger partial charge in [0.2, 0.25) is 0 Å². The van der Waals surface area contributed by atoms with E-state index in [0.29, 0.717) is 12.8 Å². The lowest BCUT2D eigenvalue weighted by Gasteiger charge is -2.40. The van der Waals surface area contributed by atoms with Crippen molar-refractivity contribution in [1.82, 2.24) is 0 Å². The second kappa shape index (κ2) is 15.7. The molecular formula is C34H63NO10Si. The molecule has 2 saturated heterocycles. The van der Waals surface area contributed by atoms with Crippen LogP contribution in [0.4, 0.5) is 0 Å². The predicted octanol–water partition coefficient (Wildman–Crippen LogP) is 3.48. The highest BCUT2D eigenvalue weighted by molar-refractivity contribution is 6.86. The first kappa shape index (κ1) is 41.2. The summed E-state index contributed by atoms with van der Waals surface area (Å²) in [6.45, 7) is 21.0. The number of methoxy groups -OCH3 is 2. The lowest BCUT2D eigenvalue weighted by atomic mass is 9.89. The van der Waals surface area contributed by atoms with Gasteiger partial charge in [0.25, 0.3) is 0 Å². The fourth-order valence-corrected chi connectivity index (χ4v) is 8.61. The van der Waals surface area contributed by atoms with Gasteiger partial charge in [0.05, 0.1) is 24.4 Å². The second-order valence-electron chi connectivity index (χ2n) is 14.9. The fourth-order valence-electron chi connectivity index (χ4n) is 6.03. The van der Waals surface area contributed by atoms with Gasteiger partial charge in [0, 0.05) is 14.2 Å². The Kier molecular flexibility index (Phi) is 14.0. The van der Waals surface area contributed by atoms with Crippen LogP contribution < -0.4 is 10.6 Å². The van der Waals surface area contributed by atoms with Gasteiger partial charge < -0.3 is 53.6 Å². The number of benzene rings is 1. The van der Waals surface area contributed by atoms with Crippen LogP contribution in [0.1, 0.15) is 89.0 Å². The minimum absolute atomic E-state index is 0.159. The van der Waals surface area contributed by atoms with E-state index in [1.807, 2.05) is 58.0 Å². The van der Waals surface area contributed by atoms with Gasteiger partial charge in [-0.2, -0.15) is 0 Å². The first-order chi connectivity index (χ1) is 21.0. The number of hydrogen-bond acceptors (Lipinski definition) is 11. The topological polar surface area (TPSA) is 151 Å². The predicted molar refractivity (Wildman–Crippen MR) is 180 cm³/mol. The van der Waals surface area contributed by atoms with Gasteiger partial charge in [-0.05, 0) is 64.6 Å². The minimum Gasteiger partial charge on any atom is -0.397 e. The van der Waals surface area contributed by atoms with E-state index in [0.717, 1.165) is 5.19 Å². The van der Waals surface area contributed by atoms with Crippen LogP contribution in [0.15, 0.2) is 30.3 Å². The highest BCUT2D eigenvalue weighted by Gasteiger charge is 2.53. The number of aliphatic hydroxyl groups excluding tert-OH is 1. The maximum absolute atomic E-state index is 10.8. The monoisotopic (exact) mass is 673 g/mol. The van der Waals surface area contributed by atoms with E-state index in [-0.39, 0.29) is 18.3 Å². The zero-order chi connectivity index (χ0) is 35.4. The third-order valence-electron chi connectivity index (χ3n) is 9.18. The summed E-state index contributed by atoms with van der Waals surface area (Å²) < 4.78 is 41.1. The summed E-state index contributed by atoms with van der Waals surface area (Å²) in [6, 6.07) is 10.0. The molecule has 9 atom stereocenters. The molecule has 46 heavy (non-hydrogen) atoms. The highest BCUT2D eigenvalue weighted by Crippen LogP contribution is 2.38. The van der Waals surface area contributed by atoms with Crippen molar-refractivity contribution in [2.75, 3.05) is 27.4 Å². The number of hydrogen-bond donors (Lipinski definition) is 4. The third-order valence-corrected chi connectivity index (χ3v) is 13.2. The molecule has 0 amide bonds. The van der Waals surface area contributed by atoms with Crippen LogP contribution in [0.2, 0.25) is 5.04 Å². The van der Waals surface area contributed by atoms with Crippen molar-refractivity contribution in [3.8, 4) is 0 Å². The SMILES string of the molecule is CC[C@](C)(O)[C@H](OC)[C@H]1OC(C)(C)O[C@H]1CO.CC[C@](C)(O)[C@H](OC)[C@H]1OC(C)(C)O[C@H]1CO[Si](N)(c1ccccc1)C(C)(C)C. The molecule has 2 aliphatic heterocycles. The Morgan fingerprint density at radius 2 is 1.20 bits per heavy atom. The standard InChI is InChI=1S/C22H39NO5Si.C12H24O5/c1-9-22(7,24)19(25-8)18-17(27-21(5,6)28-18)15-26-29(23,20(2,3)4)16-13-11-10-12-14-16;1-6-12(4,14)10(15-5)9-8(7-13)16-11(2,3)17-9/h10-14,17-19,24H,9,15,23H2,1-8H3;8-10,13-14H,6-7H2,1-5H3/t17-,18-,19+,22-,29?;8-,9-,10+,12-/m00/s1. The first-order valence-electron chi connectivity index (χ1n) is 16.4. The smallest absolute Gasteiger partial charge is 0.305 e. The molecule has 2 heterocycles. The molecule has 1 aromatic rings. The molecule has 5 N–H and O–H groups in total. The Hall–Kier alpha value is -1.00. The molecule has 1 unspecified atom stereocenters. The molecule has 2 fully saturated rings. The van der Waals surface area contributed by atoms with Gasteiger partial charge in [-0.25, -0.2) is 0 Å². The van der Waals surface area contributed by atoms with Crippen molar-refractivity contribution in [1.29, 1.82) is 0 Å². The quantitative estimate of drug-likeness (QED) is 0.228. The third kappa shape index (κ3) is 9.79. The summed E-state index contributed by atoms with van der Waals surface area (Å²) in [4.78, 5) is 0. The normalized spacial score (nSPS) is 29.5.